The van der Waals surface area contributed by atoms with Crippen molar-refractivity contribution in [2.75, 3.05) is 0 Å². The molecule has 12 rings (SSSR count). The first-order valence-electron chi connectivity index (χ1n) is 20.5. The molecule has 0 bridgehead atoms. The lowest BCUT2D eigenvalue weighted by Gasteiger charge is -2.31. The zero-order chi connectivity index (χ0) is 38.4. The Kier molecular flexibility index (Phi) is 7.31. The predicted octanol–water partition coefficient (Wildman–Crippen LogP) is 13.5. The van der Waals surface area contributed by atoms with Crippen molar-refractivity contribution in [1.82, 2.24) is 5.32 Å². The summed E-state index contributed by atoms with van der Waals surface area (Å²) in [4.78, 5) is 5.34. The van der Waals surface area contributed by atoms with Gasteiger partial charge >= 0.3 is 0 Å². The molecule has 1 spiro atoms. The second-order valence-corrected chi connectivity index (χ2v) is 16.1. The Bertz CT molecular complexity index is 3090. The largest absolute Gasteiger partial charge is 0.455 e. The van der Waals surface area contributed by atoms with Crippen LogP contribution in [0.5, 0.6) is 0 Å². The summed E-state index contributed by atoms with van der Waals surface area (Å²) in [6.45, 7) is 4.65. The van der Waals surface area contributed by atoms with E-state index < -0.39 is 5.41 Å². The fraction of sp³-hybridized carbons (Fsp3) is 0.109. The van der Waals surface area contributed by atoms with Gasteiger partial charge in [0.05, 0.1) is 17.5 Å². The highest BCUT2D eigenvalue weighted by Crippen LogP contribution is 2.66. The first-order valence-corrected chi connectivity index (χ1v) is 20.5. The number of allylic oxidation sites excluding steroid dienone is 4. The van der Waals surface area contributed by atoms with Crippen molar-refractivity contribution in [1.29, 1.82) is 0 Å². The van der Waals surface area contributed by atoms with Crippen LogP contribution in [0.25, 0.3) is 49.8 Å². The quantitative estimate of drug-likeness (QED) is 0.182. The normalized spacial score (nSPS) is 20.4. The van der Waals surface area contributed by atoms with Crippen LogP contribution in [0.15, 0.2) is 203 Å². The molecule has 0 saturated heterocycles. The Morgan fingerprint density at radius 1 is 0.586 bits per heavy atom. The third kappa shape index (κ3) is 4.71. The first kappa shape index (κ1) is 33.2. The predicted molar refractivity (Wildman–Crippen MR) is 238 cm³/mol. The molecule has 2 heterocycles. The van der Waals surface area contributed by atoms with Gasteiger partial charge in [-0.2, -0.15) is 0 Å². The number of amidine groups is 1. The second kappa shape index (κ2) is 12.8. The Morgan fingerprint density at radius 2 is 1.28 bits per heavy atom. The summed E-state index contributed by atoms with van der Waals surface area (Å²) in [5.41, 5.74) is 19.1. The van der Waals surface area contributed by atoms with Gasteiger partial charge in [-0.15, -0.1) is 0 Å². The van der Waals surface area contributed by atoms with E-state index in [4.69, 9.17) is 9.41 Å². The minimum atomic E-state index is -0.442. The highest BCUT2D eigenvalue weighted by molar-refractivity contribution is 6.14. The Balaban J connectivity index is 1.02. The molecule has 3 unspecified atom stereocenters. The number of benzene rings is 7. The van der Waals surface area contributed by atoms with Crippen LogP contribution in [0.3, 0.4) is 0 Å². The van der Waals surface area contributed by atoms with Crippen LogP contribution in [-0.2, 0) is 5.41 Å². The highest BCUT2D eigenvalue weighted by Gasteiger charge is 2.55. The van der Waals surface area contributed by atoms with Crippen molar-refractivity contribution >= 4 is 33.3 Å². The van der Waals surface area contributed by atoms with Crippen molar-refractivity contribution < 1.29 is 4.42 Å². The van der Waals surface area contributed by atoms with Gasteiger partial charge in [-0.3, -0.25) is 4.99 Å². The van der Waals surface area contributed by atoms with Crippen LogP contribution in [0, 0.1) is 0 Å². The summed E-state index contributed by atoms with van der Waals surface area (Å²) in [5.74, 6) is 0.892. The van der Waals surface area contributed by atoms with Gasteiger partial charge in [0.15, 0.2) is 0 Å². The number of nitrogens with zero attached hydrogens (tertiary/aromatic N) is 1. The number of hydrogen-bond acceptors (Lipinski definition) is 3. The lowest BCUT2D eigenvalue weighted by atomic mass is 9.69. The maximum Gasteiger partial charge on any atom is 0.143 e. The average Bonchev–Trinajstić information content (AvgIpc) is 3.87. The number of aliphatic imine (C=N–C) groups is 1. The molecule has 8 aromatic rings. The van der Waals surface area contributed by atoms with Crippen molar-refractivity contribution in [3.05, 3.63) is 233 Å². The van der Waals surface area contributed by atoms with Crippen LogP contribution in [-0.4, -0.2) is 5.84 Å². The fourth-order valence-electron chi connectivity index (χ4n) is 10.6. The van der Waals surface area contributed by atoms with Gasteiger partial charge in [0, 0.05) is 21.9 Å². The first-order chi connectivity index (χ1) is 28.7. The van der Waals surface area contributed by atoms with E-state index in [1.165, 1.54) is 72.0 Å². The molecule has 58 heavy (non-hydrogen) atoms. The van der Waals surface area contributed by atoms with Gasteiger partial charge in [-0.05, 0) is 98.2 Å². The van der Waals surface area contributed by atoms with Gasteiger partial charge in [-0.25, -0.2) is 0 Å². The molecule has 7 aromatic carbocycles. The molecular weight excluding hydrogens is 705 g/mol. The minimum Gasteiger partial charge on any atom is -0.455 e. The maximum atomic E-state index is 6.78. The van der Waals surface area contributed by atoms with Crippen LogP contribution in [0.2, 0.25) is 0 Å². The van der Waals surface area contributed by atoms with E-state index in [1.54, 1.807) is 0 Å². The molecule has 4 aliphatic rings. The molecule has 1 aliphatic heterocycles. The molecule has 0 fully saturated rings. The zero-order valence-corrected chi connectivity index (χ0v) is 32.1. The Labute approximate surface area is 338 Å². The third-order valence-electron chi connectivity index (χ3n) is 13.0. The van der Waals surface area contributed by atoms with Crippen molar-refractivity contribution in [3.8, 4) is 22.3 Å². The number of rotatable bonds is 4. The second-order valence-electron chi connectivity index (χ2n) is 16.1. The van der Waals surface area contributed by atoms with E-state index in [9.17, 15) is 0 Å². The van der Waals surface area contributed by atoms with Gasteiger partial charge in [0.2, 0.25) is 0 Å². The molecule has 1 N–H and O–H groups in total. The molecule has 276 valence electrons. The molecule has 0 amide bonds. The topological polar surface area (TPSA) is 37.5 Å². The van der Waals surface area contributed by atoms with Gasteiger partial charge in [-0.1, -0.05) is 170 Å². The number of fused-ring (bicyclic) bond motifs is 14. The number of furan rings is 1. The summed E-state index contributed by atoms with van der Waals surface area (Å²) >= 11 is 0. The summed E-state index contributed by atoms with van der Waals surface area (Å²) in [6, 6.07) is 59.3. The van der Waals surface area contributed by atoms with E-state index in [0.29, 0.717) is 0 Å². The van der Waals surface area contributed by atoms with E-state index in [0.717, 1.165) is 53.0 Å². The van der Waals surface area contributed by atoms with E-state index in [1.807, 2.05) is 0 Å². The van der Waals surface area contributed by atoms with E-state index >= 15 is 0 Å². The Morgan fingerprint density at radius 3 is 2.17 bits per heavy atom. The monoisotopic (exact) mass is 744 g/mol. The summed E-state index contributed by atoms with van der Waals surface area (Å²) in [6.07, 6.45) is 7.79. The van der Waals surface area contributed by atoms with E-state index in [-0.39, 0.29) is 12.1 Å². The number of hydrogen-bond donors (Lipinski definition) is 1. The molecule has 3 nitrogen and oxygen atoms in total. The Hall–Kier alpha value is -6.97. The SMILES string of the molecule is C=C1CC(c2cccc(-c3cccc4c3-c3ccccc3C43C4=CCCC=C4c4c3ccc3c4oc4ccccc43)c2)NC(c2ccccc2)=NC1c1ccccc1. The molecule has 3 atom stereocenters. The van der Waals surface area contributed by atoms with Gasteiger partial charge in [0.25, 0.3) is 0 Å². The van der Waals surface area contributed by atoms with Crippen LogP contribution in [0.4, 0.5) is 0 Å². The highest BCUT2D eigenvalue weighted by atomic mass is 16.3. The van der Waals surface area contributed by atoms with Crippen molar-refractivity contribution in [2.45, 2.75) is 36.8 Å². The lowest BCUT2D eigenvalue weighted by Crippen LogP contribution is -2.28. The molecule has 3 heteroatoms. The van der Waals surface area contributed by atoms with Crippen molar-refractivity contribution in [2.24, 2.45) is 4.99 Å². The molecule has 0 saturated carbocycles. The summed E-state index contributed by atoms with van der Waals surface area (Å²) < 4.78 is 6.78. The van der Waals surface area contributed by atoms with Crippen LogP contribution < -0.4 is 5.32 Å². The zero-order valence-electron chi connectivity index (χ0n) is 32.1. The van der Waals surface area contributed by atoms with Crippen molar-refractivity contribution in [3.63, 3.8) is 0 Å². The summed E-state index contributed by atoms with van der Waals surface area (Å²) in [7, 11) is 0. The molecule has 1 aromatic heterocycles. The van der Waals surface area contributed by atoms with Crippen LogP contribution in [0.1, 0.15) is 70.3 Å². The third-order valence-corrected chi connectivity index (χ3v) is 13.0. The number of para-hydroxylation sites is 1. The lowest BCUT2D eigenvalue weighted by molar-refractivity contribution is 0.636. The standard InChI is InChI=1S/C55H40N2O/c1-34-32-48(56-54(36-18-6-3-7-19-36)57-52(34)35-16-4-2-5-17-35)38-21-14-20-37(33-38)39-25-15-28-46-50(39)42-23-8-11-26-44(42)55(46)45-27-12-9-24-43(45)51-47(55)31-30-41-40-22-10-13-29-49(40)58-53(41)51/h2-8,10-11,13-31,33,48,52H,1,9,12,32H2,(H,56,57). The molecular formula is C55H40N2O. The van der Waals surface area contributed by atoms with E-state index in [2.05, 4.69) is 188 Å². The fourth-order valence-corrected chi connectivity index (χ4v) is 10.6. The molecule has 3 aliphatic carbocycles. The smallest absolute Gasteiger partial charge is 0.143 e. The van der Waals surface area contributed by atoms with Gasteiger partial charge < -0.3 is 9.73 Å². The number of nitrogens with one attached hydrogen (secondary N) is 1. The minimum absolute atomic E-state index is 0.0106. The van der Waals surface area contributed by atoms with Crippen LogP contribution >= 0.6 is 0 Å². The maximum absolute atomic E-state index is 6.78. The average molecular weight is 745 g/mol. The molecule has 0 radical (unpaired) electrons. The summed E-state index contributed by atoms with van der Waals surface area (Å²) in [5, 5.41) is 6.25. The van der Waals surface area contributed by atoms with Gasteiger partial charge in [0.1, 0.15) is 17.0 Å².